The second-order valence-electron chi connectivity index (χ2n) is 4.71. The molecule has 6 nitrogen and oxygen atoms in total. The van der Waals surface area contributed by atoms with Crippen LogP contribution in [-0.4, -0.2) is 31.6 Å². The minimum Gasteiger partial charge on any atom is -0.495 e. The lowest BCUT2D eigenvalue weighted by molar-refractivity contribution is -0.121. The maximum absolute atomic E-state index is 11.4. The maximum atomic E-state index is 11.4. The largest absolute Gasteiger partial charge is 0.495 e. The standard InChI is InChI=1S/C14H21ClN4O2.HI/c1-9(2)18-13(20)6-7-17-14(16)19-10-4-5-12(21-3)11(15)8-10;/h4-5,8-9H,6-7H2,1-3H3,(H,18,20)(H3,16,17,19);1H. The van der Waals surface area contributed by atoms with Crippen molar-refractivity contribution in [3.8, 4) is 5.75 Å². The molecule has 0 aromatic heterocycles. The van der Waals surface area contributed by atoms with Gasteiger partial charge < -0.3 is 21.1 Å². The lowest BCUT2D eigenvalue weighted by Gasteiger charge is -2.09. The molecule has 1 amide bonds. The van der Waals surface area contributed by atoms with Crippen molar-refractivity contribution < 1.29 is 9.53 Å². The number of guanidine groups is 1. The van der Waals surface area contributed by atoms with Crippen molar-refractivity contribution in [2.75, 3.05) is 19.0 Å². The summed E-state index contributed by atoms with van der Waals surface area (Å²) in [5.74, 6) is 0.769. The normalized spacial score (nSPS) is 10.9. The summed E-state index contributed by atoms with van der Waals surface area (Å²) in [4.78, 5) is 15.5. The number of hydrogen-bond donors (Lipinski definition) is 3. The van der Waals surface area contributed by atoms with Crippen LogP contribution in [0.25, 0.3) is 0 Å². The minimum absolute atomic E-state index is 0. The molecule has 0 bridgehead atoms. The molecule has 1 aromatic carbocycles. The van der Waals surface area contributed by atoms with E-state index in [1.165, 1.54) is 0 Å². The first-order valence-electron chi connectivity index (χ1n) is 6.62. The number of halogens is 2. The molecule has 0 aliphatic rings. The van der Waals surface area contributed by atoms with Gasteiger partial charge in [-0.2, -0.15) is 0 Å². The van der Waals surface area contributed by atoms with Gasteiger partial charge in [0.25, 0.3) is 0 Å². The zero-order valence-electron chi connectivity index (χ0n) is 12.9. The number of benzene rings is 1. The zero-order chi connectivity index (χ0) is 15.8. The number of nitrogens with two attached hydrogens (primary N) is 1. The Morgan fingerprint density at radius 2 is 2.14 bits per heavy atom. The molecule has 1 rings (SSSR count). The summed E-state index contributed by atoms with van der Waals surface area (Å²) < 4.78 is 5.06. The molecule has 0 spiro atoms. The summed E-state index contributed by atoms with van der Waals surface area (Å²) >= 11 is 6.01. The molecule has 0 fully saturated rings. The Bertz CT molecular complexity index is 524. The number of hydrogen-bond acceptors (Lipinski definition) is 3. The highest BCUT2D eigenvalue weighted by Gasteiger charge is 2.04. The fraction of sp³-hybridized carbons (Fsp3) is 0.429. The van der Waals surface area contributed by atoms with Crippen molar-refractivity contribution in [2.24, 2.45) is 10.7 Å². The molecule has 0 aliphatic carbocycles. The molecule has 0 saturated heterocycles. The summed E-state index contributed by atoms with van der Waals surface area (Å²) in [6.07, 6.45) is 0.296. The fourth-order valence-electron chi connectivity index (χ4n) is 1.60. The number of nitrogens with zero attached hydrogens (tertiary/aromatic N) is 1. The van der Waals surface area contributed by atoms with E-state index in [4.69, 9.17) is 22.1 Å². The molecule has 1 aromatic rings. The van der Waals surface area contributed by atoms with E-state index in [0.717, 1.165) is 0 Å². The van der Waals surface area contributed by atoms with Crippen LogP contribution in [0.1, 0.15) is 20.3 Å². The van der Waals surface area contributed by atoms with Gasteiger partial charge in [0.15, 0.2) is 5.96 Å². The molecule has 22 heavy (non-hydrogen) atoms. The number of carbonyl (C=O) groups excluding carboxylic acids is 1. The van der Waals surface area contributed by atoms with E-state index in [0.29, 0.717) is 29.4 Å². The van der Waals surface area contributed by atoms with Crippen LogP contribution in [0.4, 0.5) is 5.69 Å². The second kappa shape index (κ2) is 10.5. The first kappa shape index (κ1) is 20.8. The Balaban J connectivity index is 0.00000441. The van der Waals surface area contributed by atoms with Crippen LogP contribution >= 0.6 is 35.6 Å². The van der Waals surface area contributed by atoms with Crippen LogP contribution in [0.3, 0.4) is 0 Å². The van der Waals surface area contributed by atoms with Crippen LogP contribution in [0.5, 0.6) is 5.75 Å². The molecule has 0 aliphatic heterocycles. The lowest BCUT2D eigenvalue weighted by Crippen LogP contribution is -2.30. The van der Waals surface area contributed by atoms with E-state index in [1.807, 2.05) is 13.8 Å². The highest BCUT2D eigenvalue weighted by molar-refractivity contribution is 14.0. The Morgan fingerprint density at radius 1 is 1.45 bits per heavy atom. The van der Waals surface area contributed by atoms with Gasteiger partial charge in [0.1, 0.15) is 5.75 Å². The molecule has 0 saturated carbocycles. The summed E-state index contributed by atoms with van der Waals surface area (Å²) in [6.45, 7) is 4.14. The number of carbonyl (C=O) groups is 1. The lowest BCUT2D eigenvalue weighted by atomic mass is 10.3. The summed E-state index contributed by atoms with van der Waals surface area (Å²) in [5.41, 5.74) is 6.45. The highest BCUT2D eigenvalue weighted by Crippen LogP contribution is 2.26. The fourth-order valence-corrected chi connectivity index (χ4v) is 1.86. The van der Waals surface area contributed by atoms with Crippen LogP contribution in [0.2, 0.25) is 5.02 Å². The van der Waals surface area contributed by atoms with Crippen molar-refractivity contribution in [1.29, 1.82) is 0 Å². The summed E-state index contributed by atoms with van der Waals surface area (Å²) in [6, 6.07) is 5.32. The third-order valence-electron chi connectivity index (χ3n) is 2.49. The van der Waals surface area contributed by atoms with Gasteiger partial charge in [-0.15, -0.1) is 24.0 Å². The van der Waals surface area contributed by atoms with E-state index in [9.17, 15) is 4.79 Å². The number of aliphatic imine (C=N–C) groups is 1. The van der Waals surface area contributed by atoms with Gasteiger partial charge in [-0.3, -0.25) is 9.79 Å². The molecule has 0 radical (unpaired) electrons. The smallest absolute Gasteiger partial charge is 0.222 e. The Morgan fingerprint density at radius 3 is 2.68 bits per heavy atom. The van der Waals surface area contributed by atoms with E-state index in [2.05, 4.69) is 15.6 Å². The number of nitrogens with one attached hydrogen (secondary N) is 2. The van der Waals surface area contributed by atoms with Crippen molar-refractivity contribution in [3.63, 3.8) is 0 Å². The third-order valence-corrected chi connectivity index (χ3v) is 2.79. The van der Waals surface area contributed by atoms with Gasteiger partial charge in [-0.25, -0.2) is 0 Å². The number of methoxy groups -OCH3 is 1. The second-order valence-corrected chi connectivity index (χ2v) is 5.12. The van der Waals surface area contributed by atoms with E-state index in [1.54, 1.807) is 25.3 Å². The molecule has 0 unspecified atom stereocenters. The van der Waals surface area contributed by atoms with Gasteiger partial charge in [-0.1, -0.05) is 11.6 Å². The van der Waals surface area contributed by atoms with Gasteiger partial charge >= 0.3 is 0 Å². The summed E-state index contributed by atoms with van der Waals surface area (Å²) in [5, 5.41) is 6.17. The number of rotatable bonds is 6. The van der Waals surface area contributed by atoms with Crippen LogP contribution in [0.15, 0.2) is 23.2 Å². The molecule has 8 heteroatoms. The molecule has 0 heterocycles. The summed E-state index contributed by atoms with van der Waals surface area (Å²) in [7, 11) is 1.55. The quantitative estimate of drug-likeness (QED) is 0.360. The number of ether oxygens (including phenoxy) is 1. The molecule has 4 N–H and O–H groups in total. The maximum Gasteiger partial charge on any atom is 0.222 e. The topological polar surface area (TPSA) is 88.7 Å². The molecular formula is C14H22ClIN4O2. The average molecular weight is 441 g/mol. The van der Waals surface area contributed by atoms with E-state index < -0.39 is 0 Å². The van der Waals surface area contributed by atoms with Gasteiger partial charge in [0.05, 0.1) is 18.7 Å². The Hall–Kier alpha value is -1.22. The SMILES string of the molecule is COc1ccc(NC(N)=NCCC(=O)NC(C)C)cc1Cl.I. The van der Waals surface area contributed by atoms with E-state index >= 15 is 0 Å². The van der Waals surface area contributed by atoms with Crippen LogP contribution in [0, 0.1) is 0 Å². The average Bonchev–Trinajstić information content (AvgIpc) is 2.38. The van der Waals surface area contributed by atoms with Crippen molar-refractivity contribution in [3.05, 3.63) is 23.2 Å². The minimum atomic E-state index is -0.0472. The van der Waals surface area contributed by atoms with E-state index in [-0.39, 0.29) is 41.9 Å². The first-order chi connectivity index (χ1) is 9.92. The predicted molar refractivity (Wildman–Crippen MR) is 101 cm³/mol. The third kappa shape index (κ3) is 7.69. The number of anilines is 1. The molecule has 124 valence electrons. The van der Waals surface area contributed by atoms with Gasteiger partial charge in [0, 0.05) is 18.2 Å². The molecular weight excluding hydrogens is 419 g/mol. The van der Waals surface area contributed by atoms with Crippen molar-refractivity contribution in [1.82, 2.24) is 5.32 Å². The van der Waals surface area contributed by atoms with Gasteiger partial charge in [-0.05, 0) is 32.0 Å². The van der Waals surface area contributed by atoms with Gasteiger partial charge in [0.2, 0.25) is 5.91 Å². The van der Waals surface area contributed by atoms with Crippen LogP contribution in [-0.2, 0) is 4.79 Å². The van der Waals surface area contributed by atoms with Crippen LogP contribution < -0.4 is 21.1 Å². The Kier molecular flexibility index (Phi) is 9.91. The molecule has 0 atom stereocenters. The zero-order valence-corrected chi connectivity index (χ0v) is 15.9. The number of amides is 1. The highest BCUT2D eigenvalue weighted by atomic mass is 127. The van der Waals surface area contributed by atoms with Crippen molar-refractivity contribution in [2.45, 2.75) is 26.3 Å². The monoisotopic (exact) mass is 440 g/mol. The predicted octanol–water partition coefficient (Wildman–Crippen LogP) is 2.61. The first-order valence-corrected chi connectivity index (χ1v) is 7.00. The Labute approximate surface area is 152 Å². The van der Waals surface area contributed by atoms with Crippen molar-refractivity contribution >= 4 is 53.1 Å².